The predicted molar refractivity (Wildman–Crippen MR) is 81.2 cm³/mol. The molecule has 3 aliphatic rings. The summed E-state index contributed by atoms with van der Waals surface area (Å²) >= 11 is 0. The van der Waals surface area contributed by atoms with Gasteiger partial charge in [-0.05, 0) is 50.5 Å². The van der Waals surface area contributed by atoms with Crippen LogP contribution < -0.4 is 5.32 Å². The molecular weight excluding hydrogens is 262 g/mol. The largest absolute Gasteiger partial charge is 0.348 e. The lowest BCUT2D eigenvalue weighted by atomic mass is 10.0. The number of aryl methyl sites for hydroxylation is 1. The molecule has 3 saturated carbocycles. The van der Waals surface area contributed by atoms with Crippen molar-refractivity contribution in [3.8, 4) is 0 Å². The van der Waals surface area contributed by atoms with Crippen molar-refractivity contribution >= 4 is 5.91 Å². The van der Waals surface area contributed by atoms with Gasteiger partial charge < -0.3 is 5.32 Å². The van der Waals surface area contributed by atoms with Crippen LogP contribution in [0, 0.1) is 11.8 Å². The minimum Gasteiger partial charge on any atom is -0.348 e. The summed E-state index contributed by atoms with van der Waals surface area (Å²) in [7, 11) is 0. The van der Waals surface area contributed by atoms with Gasteiger partial charge >= 0.3 is 0 Å². The third-order valence-corrected chi connectivity index (χ3v) is 5.65. The SMILES string of the molecule is CCn1nc(C2CC2)cc1C(=O)NC1CC2CCCC2C1. The molecule has 2 unspecified atom stereocenters. The first kappa shape index (κ1) is 13.4. The average molecular weight is 287 g/mol. The Bertz CT molecular complexity index is 534. The van der Waals surface area contributed by atoms with E-state index in [2.05, 4.69) is 17.3 Å². The molecule has 0 radical (unpaired) electrons. The lowest BCUT2D eigenvalue weighted by molar-refractivity contribution is 0.0925. The van der Waals surface area contributed by atoms with Gasteiger partial charge in [-0.2, -0.15) is 5.10 Å². The summed E-state index contributed by atoms with van der Waals surface area (Å²) in [5, 5.41) is 7.87. The number of nitrogens with zero attached hydrogens (tertiary/aromatic N) is 2. The molecule has 4 nitrogen and oxygen atoms in total. The first-order chi connectivity index (χ1) is 10.2. The lowest BCUT2D eigenvalue weighted by Gasteiger charge is -2.14. The molecule has 0 aliphatic heterocycles. The molecule has 3 fully saturated rings. The number of aromatic nitrogens is 2. The lowest BCUT2D eigenvalue weighted by Crippen LogP contribution is -2.34. The second-order valence-corrected chi connectivity index (χ2v) is 7.14. The molecule has 1 aromatic heterocycles. The fraction of sp³-hybridized carbons (Fsp3) is 0.765. The van der Waals surface area contributed by atoms with Gasteiger partial charge in [0.15, 0.2) is 0 Å². The van der Waals surface area contributed by atoms with Gasteiger partial charge in [-0.3, -0.25) is 9.48 Å². The minimum absolute atomic E-state index is 0.0845. The summed E-state index contributed by atoms with van der Waals surface area (Å²) in [5.41, 5.74) is 1.88. The van der Waals surface area contributed by atoms with Crippen molar-refractivity contribution in [2.75, 3.05) is 0 Å². The van der Waals surface area contributed by atoms with Crippen molar-refractivity contribution in [2.45, 2.75) is 70.4 Å². The van der Waals surface area contributed by atoms with Gasteiger partial charge in [0, 0.05) is 18.5 Å². The van der Waals surface area contributed by atoms with Gasteiger partial charge in [0.25, 0.3) is 5.91 Å². The van der Waals surface area contributed by atoms with Crippen molar-refractivity contribution in [1.82, 2.24) is 15.1 Å². The van der Waals surface area contributed by atoms with Crippen molar-refractivity contribution in [3.05, 3.63) is 17.5 Å². The third-order valence-electron chi connectivity index (χ3n) is 5.65. The molecule has 4 rings (SSSR count). The van der Waals surface area contributed by atoms with E-state index in [0.717, 1.165) is 29.8 Å². The molecule has 1 aromatic rings. The topological polar surface area (TPSA) is 46.9 Å². The van der Waals surface area contributed by atoms with Crippen LogP contribution in [0.1, 0.15) is 74.0 Å². The van der Waals surface area contributed by atoms with E-state index < -0.39 is 0 Å². The Balaban J connectivity index is 1.45. The zero-order valence-electron chi connectivity index (χ0n) is 12.8. The number of hydrogen-bond donors (Lipinski definition) is 1. The number of carbonyl (C=O) groups excluding carboxylic acids is 1. The van der Waals surface area contributed by atoms with Crippen LogP contribution in [-0.4, -0.2) is 21.7 Å². The minimum atomic E-state index is 0.0845. The molecule has 0 saturated heterocycles. The Morgan fingerprint density at radius 3 is 2.62 bits per heavy atom. The zero-order chi connectivity index (χ0) is 14.4. The molecule has 1 N–H and O–H groups in total. The Morgan fingerprint density at radius 1 is 1.29 bits per heavy atom. The number of fused-ring (bicyclic) bond motifs is 1. The first-order valence-corrected chi connectivity index (χ1v) is 8.63. The van der Waals surface area contributed by atoms with Crippen LogP contribution in [0.25, 0.3) is 0 Å². The number of carbonyl (C=O) groups is 1. The Morgan fingerprint density at radius 2 is 2.00 bits per heavy atom. The summed E-state index contributed by atoms with van der Waals surface area (Å²) in [5.74, 6) is 2.43. The van der Waals surface area contributed by atoms with Gasteiger partial charge in [-0.15, -0.1) is 0 Å². The molecular formula is C17H25N3O. The highest BCUT2D eigenvalue weighted by Crippen LogP contribution is 2.44. The van der Waals surface area contributed by atoms with E-state index in [-0.39, 0.29) is 5.91 Å². The van der Waals surface area contributed by atoms with Gasteiger partial charge in [0.05, 0.1) is 5.69 Å². The van der Waals surface area contributed by atoms with Crippen LogP contribution in [0.3, 0.4) is 0 Å². The highest BCUT2D eigenvalue weighted by molar-refractivity contribution is 5.93. The molecule has 114 valence electrons. The third kappa shape index (κ3) is 2.49. The van der Waals surface area contributed by atoms with E-state index in [1.165, 1.54) is 44.9 Å². The molecule has 0 bridgehead atoms. The van der Waals surface area contributed by atoms with Gasteiger partial charge in [0.2, 0.25) is 0 Å². The Labute approximate surface area is 126 Å². The van der Waals surface area contributed by atoms with Crippen molar-refractivity contribution in [3.63, 3.8) is 0 Å². The Hall–Kier alpha value is -1.32. The maximum Gasteiger partial charge on any atom is 0.269 e. The van der Waals surface area contributed by atoms with Gasteiger partial charge in [-0.1, -0.05) is 19.3 Å². The molecule has 1 amide bonds. The fourth-order valence-corrected chi connectivity index (χ4v) is 4.38. The summed E-state index contributed by atoms with van der Waals surface area (Å²) in [6.45, 7) is 2.83. The molecule has 4 heteroatoms. The maximum atomic E-state index is 12.6. The number of hydrogen-bond acceptors (Lipinski definition) is 2. The summed E-state index contributed by atoms with van der Waals surface area (Å²) in [4.78, 5) is 12.6. The highest BCUT2D eigenvalue weighted by Gasteiger charge is 2.38. The molecule has 1 heterocycles. The van der Waals surface area contributed by atoms with E-state index in [0.29, 0.717) is 12.0 Å². The molecule has 0 spiro atoms. The normalized spacial score (nSPS) is 31.4. The predicted octanol–water partition coefficient (Wildman–Crippen LogP) is 3.09. The standard InChI is InChI=1S/C17H25N3O/c1-2-20-16(10-15(19-20)11-6-7-11)17(21)18-14-8-12-4-3-5-13(12)9-14/h10-14H,2-9H2,1H3,(H,18,21). The van der Waals surface area contributed by atoms with Crippen LogP contribution in [-0.2, 0) is 6.54 Å². The van der Waals surface area contributed by atoms with Gasteiger partial charge in [0.1, 0.15) is 5.69 Å². The Kier molecular flexibility index (Phi) is 3.27. The second kappa shape index (κ2) is 5.15. The van der Waals surface area contributed by atoms with E-state index in [9.17, 15) is 4.79 Å². The summed E-state index contributed by atoms with van der Waals surface area (Å²) in [6, 6.07) is 2.41. The van der Waals surface area contributed by atoms with Crippen LogP contribution >= 0.6 is 0 Å². The summed E-state index contributed by atoms with van der Waals surface area (Å²) < 4.78 is 1.87. The van der Waals surface area contributed by atoms with Crippen molar-refractivity contribution < 1.29 is 4.79 Å². The van der Waals surface area contributed by atoms with Crippen molar-refractivity contribution in [1.29, 1.82) is 0 Å². The summed E-state index contributed by atoms with van der Waals surface area (Å²) in [6.07, 6.45) is 8.97. The molecule has 21 heavy (non-hydrogen) atoms. The maximum absolute atomic E-state index is 12.6. The fourth-order valence-electron chi connectivity index (χ4n) is 4.38. The highest BCUT2D eigenvalue weighted by atomic mass is 16.2. The molecule has 3 aliphatic carbocycles. The number of amides is 1. The van der Waals surface area contributed by atoms with Crippen LogP contribution in [0.5, 0.6) is 0 Å². The monoisotopic (exact) mass is 287 g/mol. The zero-order valence-corrected chi connectivity index (χ0v) is 12.8. The van der Waals surface area contributed by atoms with Crippen LogP contribution in [0.2, 0.25) is 0 Å². The average Bonchev–Trinajstić information content (AvgIpc) is 2.92. The van der Waals surface area contributed by atoms with Crippen molar-refractivity contribution in [2.24, 2.45) is 11.8 Å². The second-order valence-electron chi connectivity index (χ2n) is 7.14. The van der Waals surface area contributed by atoms with E-state index >= 15 is 0 Å². The number of nitrogens with one attached hydrogen (secondary N) is 1. The molecule has 2 atom stereocenters. The van der Waals surface area contributed by atoms with Crippen LogP contribution in [0.4, 0.5) is 0 Å². The number of rotatable bonds is 4. The smallest absolute Gasteiger partial charge is 0.269 e. The van der Waals surface area contributed by atoms with E-state index in [4.69, 9.17) is 0 Å². The van der Waals surface area contributed by atoms with E-state index in [1.807, 2.05) is 10.7 Å². The quantitative estimate of drug-likeness (QED) is 0.925. The van der Waals surface area contributed by atoms with E-state index in [1.54, 1.807) is 0 Å². The van der Waals surface area contributed by atoms with Gasteiger partial charge in [-0.25, -0.2) is 0 Å². The first-order valence-electron chi connectivity index (χ1n) is 8.63. The van der Waals surface area contributed by atoms with Crippen LogP contribution in [0.15, 0.2) is 6.07 Å². The molecule has 0 aromatic carbocycles.